The minimum atomic E-state index is -0.639. The molecule has 0 unspecified atom stereocenters. The Morgan fingerprint density at radius 3 is 2.81 bits per heavy atom. The van der Waals surface area contributed by atoms with Gasteiger partial charge < -0.3 is 8.83 Å². The van der Waals surface area contributed by atoms with Crippen LogP contribution in [0.15, 0.2) is 21.0 Å². The highest BCUT2D eigenvalue weighted by atomic mass is 35.5. The maximum Gasteiger partial charge on any atom is 0.433 e. The summed E-state index contributed by atoms with van der Waals surface area (Å²) in [5, 5.41) is 17.8. The average Bonchev–Trinajstić information content (AvgIpc) is 2.84. The van der Waals surface area contributed by atoms with Crippen LogP contribution in [-0.2, 0) is 6.42 Å². The molecule has 0 atom stereocenters. The Kier molecular flexibility index (Phi) is 2.86. The molecule has 0 aliphatic carbocycles. The van der Waals surface area contributed by atoms with E-state index in [0.717, 1.165) is 0 Å². The molecule has 0 radical (unpaired) electrons. The van der Waals surface area contributed by atoms with E-state index < -0.39 is 4.92 Å². The van der Waals surface area contributed by atoms with E-state index in [2.05, 4.69) is 10.2 Å². The molecule has 0 N–H and O–H groups in total. The van der Waals surface area contributed by atoms with E-state index >= 15 is 0 Å². The monoisotopic (exact) mass is 243 g/mol. The van der Waals surface area contributed by atoms with Gasteiger partial charge in [0.05, 0.1) is 6.07 Å². The lowest BCUT2D eigenvalue weighted by Crippen LogP contribution is -1.84. The van der Waals surface area contributed by atoms with Crippen molar-refractivity contribution in [3.8, 4) is 11.7 Å². The van der Waals surface area contributed by atoms with E-state index in [9.17, 15) is 10.1 Å². The van der Waals surface area contributed by atoms with Crippen molar-refractivity contribution in [2.45, 2.75) is 6.42 Å². The van der Waals surface area contributed by atoms with Gasteiger partial charge in [0.25, 0.3) is 5.89 Å². The summed E-state index contributed by atoms with van der Waals surface area (Å²) in [7, 11) is 0. The van der Waals surface area contributed by atoms with E-state index in [-0.39, 0.29) is 17.5 Å². The molecule has 2 rings (SSSR count). The molecule has 2 aromatic rings. The quantitative estimate of drug-likeness (QED) is 0.463. The summed E-state index contributed by atoms with van der Waals surface area (Å²) in [6.07, 6.45) is 0.442. The van der Waals surface area contributed by atoms with Gasteiger partial charge in [-0.3, -0.25) is 10.1 Å². The summed E-state index contributed by atoms with van der Waals surface area (Å²) < 4.78 is 10.1. The molecule has 0 spiro atoms. The predicted octanol–water partition coefficient (Wildman–Crippen LogP) is 2.02. The van der Waals surface area contributed by atoms with Gasteiger partial charge in [-0.2, -0.15) is 0 Å². The topological polar surface area (TPSA) is 95.2 Å². The van der Waals surface area contributed by atoms with Crippen LogP contribution in [0.4, 0.5) is 5.88 Å². The van der Waals surface area contributed by atoms with Crippen LogP contribution >= 0.6 is 11.6 Å². The Hall–Kier alpha value is -1.89. The van der Waals surface area contributed by atoms with Gasteiger partial charge >= 0.3 is 5.88 Å². The highest BCUT2D eigenvalue weighted by molar-refractivity contribution is 6.17. The highest BCUT2D eigenvalue weighted by Crippen LogP contribution is 2.24. The summed E-state index contributed by atoms with van der Waals surface area (Å²) >= 11 is 5.50. The SMILES string of the molecule is O=[N+]([O-])c1ccc(-c2nnc(CCCl)o2)o1. The Morgan fingerprint density at radius 1 is 1.38 bits per heavy atom. The second-order valence-electron chi connectivity index (χ2n) is 2.83. The van der Waals surface area contributed by atoms with E-state index in [0.29, 0.717) is 18.2 Å². The number of rotatable bonds is 4. The zero-order valence-electron chi connectivity index (χ0n) is 7.92. The molecule has 0 amide bonds. The molecule has 0 aliphatic rings. The summed E-state index contributed by atoms with van der Waals surface area (Å²) in [6, 6.07) is 2.62. The number of aromatic nitrogens is 2. The van der Waals surface area contributed by atoms with E-state index in [1.165, 1.54) is 12.1 Å². The first-order valence-corrected chi connectivity index (χ1v) is 4.87. The molecular formula is C8H6ClN3O4. The zero-order chi connectivity index (χ0) is 11.5. The van der Waals surface area contributed by atoms with Gasteiger partial charge in [-0.15, -0.1) is 21.8 Å². The van der Waals surface area contributed by atoms with Crippen molar-refractivity contribution >= 4 is 17.5 Å². The van der Waals surface area contributed by atoms with Gasteiger partial charge in [0.2, 0.25) is 5.89 Å². The number of furan rings is 1. The fourth-order valence-electron chi connectivity index (χ4n) is 1.08. The van der Waals surface area contributed by atoms with Gasteiger partial charge in [0.15, 0.2) is 5.76 Å². The molecule has 8 heteroatoms. The van der Waals surface area contributed by atoms with Crippen LogP contribution in [0.2, 0.25) is 0 Å². The Bertz CT molecular complexity index is 507. The number of nitro groups is 1. The van der Waals surface area contributed by atoms with Gasteiger partial charge in [0.1, 0.15) is 4.92 Å². The van der Waals surface area contributed by atoms with Crippen LogP contribution in [0.1, 0.15) is 5.89 Å². The number of alkyl halides is 1. The zero-order valence-corrected chi connectivity index (χ0v) is 8.68. The lowest BCUT2D eigenvalue weighted by molar-refractivity contribution is -0.401. The first-order valence-electron chi connectivity index (χ1n) is 4.33. The molecule has 0 fully saturated rings. The summed E-state index contributed by atoms with van der Waals surface area (Å²) in [5.41, 5.74) is 0. The fourth-order valence-corrected chi connectivity index (χ4v) is 1.24. The maximum absolute atomic E-state index is 10.4. The third kappa shape index (κ3) is 2.03. The van der Waals surface area contributed by atoms with Gasteiger partial charge in [-0.25, -0.2) is 0 Å². The minimum absolute atomic E-state index is 0.105. The minimum Gasteiger partial charge on any atom is -0.418 e. The summed E-state index contributed by atoms with van der Waals surface area (Å²) in [6.45, 7) is 0. The van der Waals surface area contributed by atoms with Crippen LogP contribution in [0.5, 0.6) is 0 Å². The molecule has 2 heterocycles. The Labute approximate surface area is 94.2 Å². The van der Waals surface area contributed by atoms with Crippen molar-refractivity contribution in [3.05, 3.63) is 28.1 Å². The molecule has 7 nitrogen and oxygen atoms in total. The van der Waals surface area contributed by atoms with Crippen LogP contribution in [0.3, 0.4) is 0 Å². The number of halogens is 1. The van der Waals surface area contributed by atoms with Crippen molar-refractivity contribution in [1.82, 2.24) is 10.2 Å². The lowest BCUT2D eigenvalue weighted by atomic mass is 10.4. The molecule has 0 aliphatic heterocycles. The largest absolute Gasteiger partial charge is 0.433 e. The second kappa shape index (κ2) is 4.31. The normalized spacial score (nSPS) is 10.6. The van der Waals surface area contributed by atoms with E-state index in [1.54, 1.807) is 0 Å². The molecule has 0 saturated carbocycles. The third-order valence-corrected chi connectivity index (χ3v) is 1.95. The van der Waals surface area contributed by atoms with Crippen LogP contribution in [0, 0.1) is 10.1 Å². The van der Waals surface area contributed by atoms with Crippen molar-refractivity contribution in [1.29, 1.82) is 0 Å². The Morgan fingerprint density at radius 2 is 2.19 bits per heavy atom. The lowest BCUT2D eigenvalue weighted by Gasteiger charge is -1.86. The molecule has 84 valence electrons. The molecule has 0 saturated heterocycles. The molecule has 0 bridgehead atoms. The van der Waals surface area contributed by atoms with Crippen molar-refractivity contribution < 1.29 is 13.8 Å². The van der Waals surface area contributed by atoms with E-state index in [4.69, 9.17) is 20.4 Å². The second-order valence-corrected chi connectivity index (χ2v) is 3.21. The van der Waals surface area contributed by atoms with Gasteiger partial charge in [-0.05, 0) is 6.07 Å². The van der Waals surface area contributed by atoms with Crippen molar-refractivity contribution in [2.75, 3.05) is 5.88 Å². The van der Waals surface area contributed by atoms with Crippen molar-refractivity contribution in [2.24, 2.45) is 0 Å². The maximum atomic E-state index is 10.4. The molecular weight excluding hydrogens is 238 g/mol. The van der Waals surface area contributed by atoms with Crippen LogP contribution < -0.4 is 0 Å². The van der Waals surface area contributed by atoms with Crippen molar-refractivity contribution in [3.63, 3.8) is 0 Å². The number of hydrogen-bond donors (Lipinski definition) is 0. The fraction of sp³-hybridized carbons (Fsp3) is 0.250. The third-order valence-electron chi connectivity index (χ3n) is 1.76. The number of nitrogens with zero attached hydrogens (tertiary/aromatic N) is 3. The summed E-state index contributed by atoms with van der Waals surface area (Å²) in [5.74, 6) is 0.629. The van der Waals surface area contributed by atoms with Gasteiger partial charge in [-0.1, -0.05) is 0 Å². The van der Waals surface area contributed by atoms with Crippen LogP contribution in [-0.4, -0.2) is 21.0 Å². The number of hydrogen-bond acceptors (Lipinski definition) is 6. The first-order chi connectivity index (χ1) is 7.70. The molecule has 2 aromatic heterocycles. The summed E-state index contributed by atoms with van der Waals surface area (Å²) in [4.78, 5) is 9.74. The number of aryl methyl sites for hydroxylation is 1. The van der Waals surface area contributed by atoms with E-state index in [1.807, 2.05) is 0 Å². The molecule has 0 aromatic carbocycles. The smallest absolute Gasteiger partial charge is 0.418 e. The first kappa shape index (κ1) is 10.6. The van der Waals surface area contributed by atoms with Gasteiger partial charge in [0, 0.05) is 12.3 Å². The predicted molar refractivity (Wildman–Crippen MR) is 53.1 cm³/mol. The average molecular weight is 244 g/mol. The highest BCUT2D eigenvalue weighted by Gasteiger charge is 2.17. The standard InChI is InChI=1S/C8H6ClN3O4/c9-4-3-6-10-11-8(16-6)5-1-2-7(15-5)12(13)14/h1-2H,3-4H2. The molecule has 16 heavy (non-hydrogen) atoms. The Balaban J connectivity index is 2.24. The van der Waals surface area contributed by atoms with Crippen LogP contribution in [0.25, 0.3) is 11.7 Å².